The summed E-state index contributed by atoms with van der Waals surface area (Å²) in [5.74, 6) is -0.300. The average Bonchev–Trinajstić information content (AvgIpc) is 2.57. The summed E-state index contributed by atoms with van der Waals surface area (Å²) in [4.78, 5) is 10.8. The first kappa shape index (κ1) is 26.7. The summed E-state index contributed by atoms with van der Waals surface area (Å²) in [7, 11) is 0. The van der Waals surface area contributed by atoms with E-state index in [-0.39, 0.29) is 46.6 Å². The number of unbranched alkanes of at least 4 members (excludes halogenated alkanes) is 15. The van der Waals surface area contributed by atoms with Gasteiger partial charge in [-0.25, -0.2) is 4.79 Å². The molecule has 0 amide bonds. The van der Waals surface area contributed by atoms with Crippen molar-refractivity contribution in [3.8, 4) is 0 Å². The van der Waals surface area contributed by atoms with E-state index in [0.29, 0.717) is 6.61 Å². The molecule has 0 aromatic carbocycles. The normalized spacial score (nSPS) is 10.2. The standard InChI is InChI=1S/C21H40O2.Ca.2H/c1-3-5-6-7-8-9-10-11-12-13-14-15-16-17-18-19-20-23-21(22)4-2;;;/h4H,2-3,5-20H2,1H3;;;/q;+2;2*-1. The molecule has 0 saturated carbocycles. The molecule has 0 atom stereocenters. The second kappa shape index (κ2) is 23.5. The Morgan fingerprint density at radius 1 is 0.750 bits per heavy atom. The van der Waals surface area contributed by atoms with E-state index >= 15 is 0 Å². The van der Waals surface area contributed by atoms with Gasteiger partial charge in [0.15, 0.2) is 0 Å². The van der Waals surface area contributed by atoms with Gasteiger partial charge in [-0.05, 0) is 6.42 Å². The summed E-state index contributed by atoms with van der Waals surface area (Å²) in [5.41, 5.74) is 0. The van der Waals surface area contributed by atoms with Gasteiger partial charge in [0.1, 0.15) is 0 Å². The summed E-state index contributed by atoms with van der Waals surface area (Å²) < 4.78 is 4.95. The van der Waals surface area contributed by atoms with Crippen molar-refractivity contribution in [2.75, 3.05) is 6.61 Å². The van der Waals surface area contributed by atoms with Crippen LogP contribution in [0.2, 0.25) is 0 Å². The van der Waals surface area contributed by atoms with Gasteiger partial charge in [0.2, 0.25) is 0 Å². The third-order valence-electron chi connectivity index (χ3n) is 4.41. The van der Waals surface area contributed by atoms with Crippen LogP contribution in [0.25, 0.3) is 0 Å². The van der Waals surface area contributed by atoms with Crippen molar-refractivity contribution in [2.45, 2.75) is 110 Å². The Morgan fingerprint density at radius 2 is 1.08 bits per heavy atom. The third kappa shape index (κ3) is 22.5. The van der Waals surface area contributed by atoms with Crippen molar-refractivity contribution in [2.24, 2.45) is 0 Å². The van der Waals surface area contributed by atoms with E-state index in [2.05, 4.69) is 13.5 Å². The minimum Gasteiger partial charge on any atom is -1.00 e. The molecule has 0 aliphatic carbocycles. The second-order valence-electron chi connectivity index (χ2n) is 6.67. The van der Waals surface area contributed by atoms with Crippen LogP contribution < -0.4 is 0 Å². The van der Waals surface area contributed by atoms with Gasteiger partial charge in [0.25, 0.3) is 0 Å². The van der Waals surface area contributed by atoms with E-state index in [1.165, 1.54) is 102 Å². The van der Waals surface area contributed by atoms with E-state index in [1.807, 2.05) is 0 Å². The summed E-state index contributed by atoms with van der Waals surface area (Å²) in [6, 6.07) is 0. The van der Waals surface area contributed by atoms with Crippen LogP contribution in [-0.4, -0.2) is 50.3 Å². The first-order valence-electron chi connectivity index (χ1n) is 10.1. The number of hydrogen-bond donors (Lipinski definition) is 0. The van der Waals surface area contributed by atoms with Crippen molar-refractivity contribution in [3.63, 3.8) is 0 Å². The van der Waals surface area contributed by atoms with Gasteiger partial charge >= 0.3 is 43.7 Å². The zero-order chi connectivity index (χ0) is 17.0. The fraction of sp³-hybridized carbons (Fsp3) is 0.857. The predicted molar refractivity (Wildman–Crippen MR) is 109 cm³/mol. The minimum atomic E-state index is -0.300. The quantitative estimate of drug-likeness (QED) is 0.115. The second-order valence-corrected chi connectivity index (χ2v) is 6.67. The molecule has 0 aliphatic rings. The largest absolute Gasteiger partial charge is 2.00 e. The van der Waals surface area contributed by atoms with Gasteiger partial charge in [-0.1, -0.05) is 110 Å². The minimum absolute atomic E-state index is 0. The Kier molecular flexibility index (Phi) is 26.1. The van der Waals surface area contributed by atoms with Crippen LogP contribution in [0, 0.1) is 0 Å². The van der Waals surface area contributed by atoms with Crippen molar-refractivity contribution in [1.82, 2.24) is 0 Å². The summed E-state index contributed by atoms with van der Waals surface area (Å²) in [6.45, 7) is 6.20. The molecule has 0 heterocycles. The molecule has 24 heavy (non-hydrogen) atoms. The molecule has 0 N–H and O–H groups in total. The van der Waals surface area contributed by atoms with E-state index < -0.39 is 0 Å². The van der Waals surface area contributed by atoms with Crippen LogP contribution in [0.1, 0.15) is 113 Å². The van der Waals surface area contributed by atoms with Gasteiger partial charge < -0.3 is 7.59 Å². The smallest absolute Gasteiger partial charge is 1.00 e. The Balaban J connectivity index is -0.000000807. The van der Waals surface area contributed by atoms with Gasteiger partial charge in [0.05, 0.1) is 6.61 Å². The van der Waals surface area contributed by atoms with Crippen LogP contribution >= 0.6 is 0 Å². The molecular weight excluding hydrogens is 324 g/mol. The molecule has 0 bridgehead atoms. The number of rotatable bonds is 18. The summed E-state index contributed by atoms with van der Waals surface area (Å²) in [6.07, 6.45) is 23.0. The molecule has 0 saturated heterocycles. The SMILES string of the molecule is C=CC(=O)OCCCCCCCCCCCCCCCCCC.[Ca+2].[H-].[H-]. The molecule has 3 heteroatoms. The molecular formula is C21H42CaO2. The molecule has 0 spiro atoms. The van der Waals surface area contributed by atoms with E-state index in [1.54, 1.807) is 0 Å². The van der Waals surface area contributed by atoms with Crippen LogP contribution in [0.4, 0.5) is 0 Å². The van der Waals surface area contributed by atoms with Crippen molar-refractivity contribution in [1.29, 1.82) is 0 Å². The fourth-order valence-corrected chi connectivity index (χ4v) is 2.88. The Labute approximate surface area is 184 Å². The monoisotopic (exact) mass is 366 g/mol. The first-order valence-corrected chi connectivity index (χ1v) is 10.1. The number of carbonyl (C=O) groups is 1. The van der Waals surface area contributed by atoms with Crippen LogP contribution in [0.3, 0.4) is 0 Å². The van der Waals surface area contributed by atoms with Crippen molar-refractivity contribution < 1.29 is 12.4 Å². The summed E-state index contributed by atoms with van der Waals surface area (Å²) >= 11 is 0. The van der Waals surface area contributed by atoms with Crippen LogP contribution in [-0.2, 0) is 9.53 Å². The molecule has 0 aromatic heterocycles. The van der Waals surface area contributed by atoms with Gasteiger partial charge in [-0.2, -0.15) is 0 Å². The van der Waals surface area contributed by atoms with Crippen molar-refractivity contribution >= 4 is 43.7 Å². The van der Waals surface area contributed by atoms with Crippen molar-refractivity contribution in [3.05, 3.63) is 12.7 Å². The Morgan fingerprint density at radius 3 is 1.42 bits per heavy atom. The first-order chi connectivity index (χ1) is 11.3. The maximum absolute atomic E-state index is 10.8. The number of hydrogen-bond acceptors (Lipinski definition) is 2. The van der Waals surface area contributed by atoms with Crippen LogP contribution in [0.5, 0.6) is 0 Å². The zero-order valence-corrected chi connectivity index (χ0v) is 18.5. The maximum Gasteiger partial charge on any atom is 2.00 e. The predicted octanol–water partition coefficient (Wildman–Crippen LogP) is 6.82. The molecule has 140 valence electrons. The molecule has 0 aromatic rings. The number of ether oxygens (including phenoxy) is 1. The Bertz CT molecular complexity index is 277. The molecule has 0 aliphatic heterocycles. The summed E-state index contributed by atoms with van der Waals surface area (Å²) in [5, 5.41) is 0. The zero-order valence-electron chi connectivity index (χ0n) is 18.3. The van der Waals surface area contributed by atoms with E-state index in [0.717, 1.165) is 6.42 Å². The topological polar surface area (TPSA) is 26.3 Å². The average molecular weight is 367 g/mol. The fourth-order valence-electron chi connectivity index (χ4n) is 2.88. The molecule has 0 rings (SSSR count). The third-order valence-corrected chi connectivity index (χ3v) is 4.41. The van der Waals surface area contributed by atoms with Gasteiger partial charge in [0, 0.05) is 6.08 Å². The molecule has 0 fully saturated rings. The van der Waals surface area contributed by atoms with E-state index in [4.69, 9.17) is 4.74 Å². The van der Waals surface area contributed by atoms with E-state index in [9.17, 15) is 4.79 Å². The molecule has 2 nitrogen and oxygen atoms in total. The Hall–Kier alpha value is 0.470. The number of esters is 1. The van der Waals surface area contributed by atoms with Gasteiger partial charge in [-0.3, -0.25) is 0 Å². The molecule has 0 unspecified atom stereocenters. The molecule has 0 radical (unpaired) electrons. The number of carbonyl (C=O) groups excluding carboxylic acids is 1. The van der Waals surface area contributed by atoms with Crippen LogP contribution in [0.15, 0.2) is 12.7 Å². The maximum atomic E-state index is 10.8. The van der Waals surface area contributed by atoms with Gasteiger partial charge in [-0.15, -0.1) is 0 Å².